The minimum atomic E-state index is 0.0892. The number of hydrogen-bond acceptors (Lipinski definition) is 1. The van der Waals surface area contributed by atoms with Crippen LogP contribution in [0.15, 0.2) is 60.8 Å². The van der Waals surface area contributed by atoms with Crippen LogP contribution in [0.3, 0.4) is 0 Å². The van der Waals surface area contributed by atoms with Crippen LogP contribution in [-0.4, -0.2) is 5.78 Å². The van der Waals surface area contributed by atoms with Crippen LogP contribution in [0.2, 0.25) is 0 Å². The molecule has 0 unspecified atom stereocenters. The van der Waals surface area contributed by atoms with Crippen molar-refractivity contribution in [3.05, 3.63) is 60.8 Å². The Kier molecular flexibility index (Phi) is 7.78. The van der Waals surface area contributed by atoms with Crippen molar-refractivity contribution in [3.8, 4) is 0 Å². The maximum atomic E-state index is 11.8. The van der Waals surface area contributed by atoms with Crippen molar-refractivity contribution < 1.29 is 4.79 Å². The topological polar surface area (TPSA) is 17.1 Å². The molecule has 16 heavy (non-hydrogen) atoms. The van der Waals surface area contributed by atoms with E-state index in [4.69, 9.17) is 0 Å². The van der Waals surface area contributed by atoms with E-state index in [9.17, 15) is 4.79 Å². The van der Waals surface area contributed by atoms with E-state index >= 15 is 0 Å². The van der Waals surface area contributed by atoms with E-state index in [1.165, 1.54) is 0 Å². The molecule has 86 valence electrons. The summed E-state index contributed by atoms with van der Waals surface area (Å²) in [5.41, 5.74) is 1.55. The molecule has 0 aliphatic carbocycles. The lowest BCUT2D eigenvalue weighted by molar-refractivity contribution is -0.114. The van der Waals surface area contributed by atoms with Gasteiger partial charge in [-0.1, -0.05) is 56.5 Å². The van der Waals surface area contributed by atoms with Gasteiger partial charge < -0.3 is 0 Å². The second-order valence-electron chi connectivity index (χ2n) is 3.41. The average molecular weight is 216 g/mol. The molecule has 0 fully saturated rings. The Bertz CT molecular complexity index is 340. The lowest BCUT2D eigenvalue weighted by Gasteiger charge is -2.01. The lowest BCUT2D eigenvalue weighted by Crippen LogP contribution is -2.00. The zero-order valence-electron chi connectivity index (χ0n) is 10.2. The summed E-state index contributed by atoms with van der Waals surface area (Å²) < 4.78 is 0. The van der Waals surface area contributed by atoms with E-state index in [1.54, 1.807) is 24.3 Å². The molecule has 0 aliphatic heterocycles. The number of hydrogen-bond donors (Lipinski definition) is 0. The number of allylic oxidation sites excluding steroid dienone is 8. The minimum absolute atomic E-state index is 0.0892. The molecule has 0 saturated heterocycles. The first-order valence-corrected chi connectivity index (χ1v) is 5.48. The van der Waals surface area contributed by atoms with Gasteiger partial charge in [0.05, 0.1) is 0 Å². The van der Waals surface area contributed by atoms with E-state index < -0.39 is 0 Å². The van der Waals surface area contributed by atoms with Crippen molar-refractivity contribution in [2.24, 2.45) is 0 Å². The first kappa shape index (κ1) is 14.4. The molecule has 0 atom stereocenters. The van der Waals surface area contributed by atoms with Gasteiger partial charge in [0.1, 0.15) is 0 Å². The first-order chi connectivity index (χ1) is 7.65. The maximum absolute atomic E-state index is 11.8. The molecule has 0 aromatic carbocycles. The fourth-order valence-corrected chi connectivity index (χ4v) is 1.17. The fraction of sp³-hybridized carbons (Fsp3) is 0.267. The Morgan fingerprint density at radius 3 is 2.50 bits per heavy atom. The molecule has 0 aromatic rings. The van der Waals surface area contributed by atoms with Gasteiger partial charge in [-0.05, 0) is 18.9 Å². The summed E-state index contributed by atoms with van der Waals surface area (Å²) in [6, 6.07) is 0. The van der Waals surface area contributed by atoms with Crippen LogP contribution < -0.4 is 0 Å². The quantitative estimate of drug-likeness (QED) is 0.461. The van der Waals surface area contributed by atoms with Gasteiger partial charge >= 0.3 is 0 Å². The average Bonchev–Trinajstić information content (AvgIpc) is 2.27. The molecule has 1 heteroatoms. The maximum Gasteiger partial charge on any atom is 0.166 e. The van der Waals surface area contributed by atoms with Gasteiger partial charge in [-0.3, -0.25) is 4.79 Å². The van der Waals surface area contributed by atoms with Crippen LogP contribution >= 0.6 is 0 Å². The fourth-order valence-electron chi connectivity index (χ4n) is 1.17. The van der Waals surface area contributed by atoms with Crippen LogP contribution in [0.1, 0.15) is 26.7 Å². The van der Waals surface area contributed by atoms with Gasteiger partial charge in [0.2, 0.25) is 0 Å². The predicted molar refractivity (Wildman–Crippen MR) is 71.3 cm³/mol. The summed E-state index contributed by atoms with van der Waals surface area (Å²) in [4.78, 5) is 11.8. The summed E-state index contributed by atoms with van der Waals surface area (Å²) in [5, 5.41) is 0. The van der Waals surface area contributed by atoms with Gasteiger partial charge in [-0.25, -0.2) is 0 Å². The number of carbonyl (C=O) groups is 1. The van der Waals surface area contributed by atoms with Crippen LogP contribution in [-0.2, 0) is 4.79 Å². The Labute approximate surface area is 98.6 Å². The summed E-state index contributed by atoms with van der Waals surface area (Å²) in [6.07, 6.45) is 12.2. The van der Waals surface area contributed by atoms with Crippen LogP contribution in [0.4, 0.5) is 0 Å². The largest absolute Gasteiger partial charge is 0.294 e. The van der Waals surface area contributed by atoms with Gasteiger partial charge in [-0.15, -0.1) is 0 Å². The molecular weight excluding hydrogens is 196 g/mol. The highest BCUT2D eigenvalue weighted by Gasteiger charge is 2.05. The molecule has 0 aliphatic rings. The standard InChI is InChI=1S/C15H20O/c1-5-8-10-13(4)12-15(16)14(7-3)11-9-6-2/h6-11H,2,4-5,12H2,1,3H3/b10-8-,11-9-,14-7+. The zero-order valence-corrected chi connectivity index (χ0v) is 10.2. The Hall–Kier alpha value is -1.63. The van der Waals surface area contributed by atoms with E-state index in [-0.39, 0.29) is 5.78 Å². The van der Waals surface area contributed by atoms with Gasteiger partial charge in [0, 0.05) is 12.0 Å². The van der Waals surface area contributed by atoms with Crippen molar-refractivity contribution in [3.63, 3.8) is 0 Å². The highest BCUT2D eigenvalue weighted by molar-refractivity contribution is 5.99. The second-order valence-corrected chi connectivity index (χ2v) is 3.41. The summed E-state index contributed by atoms with van der Waals surface area (Å²) in [5.74, 6) is 0.0892. The van der Waals surface area contributed by atoms with Crippen LogP contribution in [0, 0.1) is 0 Å². The van der Waals surface area contributed by atoms with Crippen molar-refractivity contribution in [2.75, 3.05) is 0 Å². The Balaban J connectivity index is 4.44. The highest BCUT2D eigenvalue weighted by Crippen LogP contribution is 2.09. The van der Waals surface area contributed by atoms with E-state index in [2.05, 4.69) is 20.1 Å². The van der Waals surface area contributed by atoms with Gasteiger partial charge in [-0.2, -0.15) is 0 Å². The van der Waals surface area contributed by atoms with Gasteiger partial charge in [0.15, 0.2) is 5.78 Å². The van der Waals surface area contributed by atoms with E-state index in [0.29, 0.717) is 12.0 Å². The van der Waals surface area contributed by atoms with Crippen molar-refractivity contribution in [1.82, 2.24) is 0 Å². The third-order valence-electron chi connectivity index (χ3n) is 2.02. The third kappa shape index (κ3) is 5.97. The molecule has 0 amide bonds. The van der Waals surface area contributed by atoms with E-state index in [0.717, 1.165) is 12.0 Å². The predicted octanol–water partition coefficient (Wildman–Crippen LogP) is 4.16. The summed E-state index contributed by atoms with van der Waals surface area (Å²) >= 11 is 0. The molecular formula is C15H20O. The Morgan fingerprint density at radius 1 is 1.31 bits per heavy atom. The van der Waals surface area contributed by atoms with Crippen molar-refractivity contribution in [2.45, 2.75) is 26.7 Å². The molecule has 0 aromatic heterocycles. The third-order valence-corrected chi connectivity index (χ3v) is 2.02. The van der Waals surface area contributed by atoms with Crippen LogP contribution in [0.25, 0.3) is 0 Å². The van der Waals surface area contributed by atoms with Gasteiger partial charge in [0.25, 0.3) is 0 Å². The molecule has 0 saturated carbocycles. The number of carbonyl (C=O) groups excluding carboxylic acids is 1. The SMILES string of the molecule is C=C/C=C\C(=C/C)C(=O)CC(=C)/C=C\CC. The summed E-state index contributed by atoms with van der Waals surface area (Å²) in [7, 11) is 0. The smallest absolute Gasteiger partial charge is 0.166 e. The highest BCUT2D eigenvalue weighted by atomic mass is 16.1. The molecule has 0 radical (unpaired) electrons. The molecule has 0 spiro atoms. The summed E-state index contributed by atoms with van der Waals surface area (Å²) in [6.45, 7) is 11.3. The monoisotopic (exact) mass is 216 g/mol. The Morgan fingerprint density at radius 2 is 2.00 bits per heavy atom. The van der Waals surface area contributed by atoms with Crippen LogP contribution in [0.5, 0.6) is 0 Å². The number of Topliss-reactive ketones (excluding diaryl/α,β-unsaturated/α-hetero) is 1. The van der Waals surface area contributed by atoms with E-state index in [1.807, 2.05) is 19.1 Å². The number of rotatable bonds is 7. The number of ketones is 1. The molecule has 1 nitrogen and oxygen atoms in total. The van der Waals surface area contributed by atoms with Crippen molar-refractivity contribution >= 4 is 5.78 Å². The zero-order chi connectivity index (χ0) is 12.4. The molecule has 0 rings (SSSR count). The second kappa shape index (κ2) is 8.66. The lowest BCUT2D eigenvalue weighted by atomic mass is 10.0. The minimum Gasteiger partial charge on any atom is -0.294 e. The molecule has 0 N–H and O–H groups in total. The normalized spacial score (nSPS) is 12.2. The molecule has 0 bridgehead atoms. The first-order valence-electron chi connectivity index (χ1n) is 5.48. The molecule has 0 heterocycles. The van der Waals surface area contributed by atoms with Crippen molar-refractivity contribution in [1.29, 1.82) is 0 Å².